The molecule has 0 saturated carbocycles. The average Bonchev–Trinajstić information content (AvgIpc) is 3.03. The standard InChI is InChI=1S/C17H13ClFNO3/c1-22-14-6-4-3-5-9(14)10-7-12(18)15(19)16-11(10)8-13(20-16)17(21)23-2/h3-8,20H,1-2H3. The Morgan fingerprint density at radius 2 is 1.91 bits per heavy atom. The van der Waals surface area contributed by atoms with Crippen molar-refractivity contribution in [1.29, 1.82) is 0 Å². The lowest BCUT2D eigenvalue weighted by Gasteiger charge is -2.10. The highest BCUT2D eigenvalue weighted by Crippen LogP contribution is 2.38. The lowest BCUT2D eigenvalue weighted by molar-refractivity contribution is 0.0595. The van der Waals surface area contributed by atoms with Crippen LogP contribution < -0.4 is 4.74 Å². The molecule has 0 radical (unpaired) electrons. The first-order valence-corrected chi connectivity index (χ1v) is 7.17. The van der Waals surface area contributed by atoms with Crippen LogP contribution in [0.2, 0.25) is 5.02 Å². The monoisotopic (exact) mass is 333 g/mol. The number of halogens is 2. The highest BCUT2D eigenvalue weighted by molar-refractivity contribution is 6.32. The van der Waals surface area contributed by atoms with E-state index in [1.54, 1.807) is 19.2 Å². The Balaban J connectivity index is 2.34. The summed E-state index contributed by atoms with van der Waals surface area (Å²) in [4.78, 5) is 14.4. The zero-order valence-corrected chi connectivity index (χ0v) is 13.2. The van der Waals surface area contributed by atoms with Gasteiger partial charge >= 0.3 is 5.97 Å². The number of fused-ring (bicyclic) bond motifs is 1. The predicted molar refractivity (Wildman–Crippen MR) is 86.6 cm³/mol. The summed E-state index contributed by atoms with van der Waals surface area (Å²) in [5, 5.41) is 0.480. The van der Waals surface area contributed by atoms with Crippen molar-refractivity contribution < 1.29 is 18.7 Å². The Bertz CT molecular complexity index is 904. The van der Waals surface area contributed by atoms with Crippen molar-refractivity contribution in [3.05, 3.63) is 52.9 Å². The van der Waals surface area contributed by atoms with Gasteiger partial charge in [0.15, 0.2) is 5.82 Å². The van der Waals surface area contributed by atoms with Gasteiger partial charge in [-0.1, -0.05) is 29.8 Å². The molecule has 2 aromatic carbocycles. The molecule has 1 aromatic heterocycles. The summed E-state index contributed by atoms with van der Waals surface area (Å²) in [6, 6.07) is 10.4. The number of aromatic amines is 1. The van der Waals surface area contributed by atoms with Crippen molar-refractivity contribution in [3.8, 4) is 16.9 Å². The van der Waals surface area contributed by atoms with Crippen LogP contribution in [0.4, 0.5) is 4.39 Å². The third kappa shape index (κ3) is 2.53. The number of H-pyrrole nitrogens is 1. The van der Waals surface area contributed by atoms with Gasteiger partial charge in [-0.2, -0.15) is 0 Å². The van der Waals surface area contributed by atoms with Gasteiger partial charge < -0.3 is 14.5 Å². The predicted octanol–water partition coefficient (Wildman–Crippen LogP) is 4.42. The largest absolute Gasteiger partial charge is 0.496 e. The van der Waals surface area contributed by atoms with E-state index in [1.807, 2.05) is 18.2 Å². The summed E-state index contributed by atoms with van der Waals surface area (Å²) >= 11 is 6.01. The normalized spacial score (nSPS) is 10.8. The van der Waals surface area contributed by atoms with Crippen molar-refractivity contribution >= 4 is 28.5 Å². The minimum atomic E-state index is -0.615. The van der Waals surface area contributed by atoms with E-state index >= 15 is 0 Å². The maximum atomic E-state index is 14.3. The molecule has 0 unspecified atom stereocenters. The number of hydrogen-bond donors (Lipinski definition) is 1. The molecule has 0 spiro atoms. The smallest absolute Gasteiger partial charge is 0.354 e. The quantitative estimate of drug-likeness (QED) is 0.722. The average molecular weight is 334 g/mol. The van der Waals surface area contributed by atoms with Crippen LogP contribution in [0.15, 0.2) is 36.4 Å². The molecule has 1 N–H and O–H groups in total. The first-order valence-electron chi connectivity index (χ1n) is 6.79. The second-order valence-electron chi connectivity index (χ2n) is 4.88. The van der Waals surface area contributed by atoms with Gasteiger partial charge in [0.1, 0.15) is 11.4 Å². The number of benzene rings is 2. The van der Waals surface area contributed by atoms with Gasteiger partial charge in [0, 0.05) is 10.9 Å². The molecule has 4 nitrogen and oxygen atoms in total. The van der Waals surface area contributed by atoms with E-state index in [1.165, 1.54) is 13.2 Å². The van der Waals surface area contributed by atoms with Crippen molar-refractivity contribution in [3.63, 3.8) is 0 Å². The second kappa shape index (κ2) is 5.93. The third-order valence-corrected chi connectivity index (χ3v) is 3.89. The fourth-order valence-electron chi connectivity index (χ4n) is 2.54. The van der Waals surface area contributed by atoms with E-state index in [0.717, 1.165) is 5.56 Å². The van der Waals surface area contributed by atoms with Gasteiger partial charge in [0.05, 0.1) is 24.8 Å². The number of esters is 1. The minimum Gasteiger partial charge on any atom is -0.496 e. The fraction of sp³-hybridized carbons (Fsp3) is 0.118. The van der Waals surface area contributed by atoms with E-state index in [-0.39, 0.29) is 16.2 Å². The van der Waals surface area contributed by atoms with Gasteiger partial charge in [-0.15, -0.1) is 0 Å². The molecule has 118 valence electrons. The molecule has 0 atom stereocenters. The number of ether oxygens (including phenoxy) is 2. The lowest BCUT2D eigenvalue weighted by Crippen LogP contribution is -2.00. The van der Waals surface area contributed by atoms with Crippen LogP contribution in [0.25, 0.3) is 22.0 Å². The van der Waals surface area contributed by atoms with E-state index in [9.17, 15) is 9.18 Å². The topological polar surface area (TPSA) is 51.3 Å². The Morgan fingerprint density at radius 1 is 1.17 bits per heavy atom. The van der Waals surface area contributed by atoms with Gasteiger partial charge in [-0.25, -0.2) is 9.18 Å². The Hall–Kier alpha value is -2.53. The number of hydrogen-bond acceptors (Lipinski definition) is 3. The lowest BCUT2D eigenvalue weighted by atomic mass is 10.0. The highest BCUT2D eigenvalue weighted by atomic mass is 35.5. The number of rotatable bonds is 3. The summed E-state index contributed by atoms with van der Waals surface area (Å²) in [7, 11) is 2.82. The van der Waals surface area contributed by atoms with E-state index in [2.05, 4.69) is 9.72 Å². The second-order valence-corrected chi connectivity index (χ2v) is 5.29. The number of methoxy groups -OCH3 is 2. The summed E-state index contributed by atoms with van der Waals surface area (Å²) in [6.07, 6.45) is 0. The van der Waals surface area contributed by atoms with Crippen LogP contribution >= 0.6 is 11.6 Å². The molecule has 23 heavy (non-hydrogen) atoms. The van der Waals surface area contributed by atoms with E-state index in [4.69, 9.17) is 16.3 Å². The molecule has 0 aliphatic rings. The summed E-state index contributed by atoms with van der Waals surface area (Å²) in [5.41, 5.74) is 1.71. The van der Waals surface area contributed by atoms with Gasteiger partial charge in [-0.05, 0) is 23.8 Å². The van der Waals surface area contributed by atoms with E-state index < -0.39 is 11.8 Å². The van der Waals surface area contributed by atoms with Crippen molar-refractivity contribution in [2.75, 3.05) is 14.2 Å². The first kappa shape index (κ1) is 15.4. The summed E-state index contributed by atoms with van der Waals surface area (Å²) in [6.45, 7) is 0. The van der Waals surface area contributed by atoms with Crippen LogP contribution in [0, 0.1) is 5.82 Å². The highest BCUT2D eigenvalue weighted by Gasteiger charge is 2.19. The van der Waals surface area contributed by atoms with E-state index in [0.29, 0.717) is 16.7 Å². The Morgan fingerprint density at radius 3 is 2.61 bits per heavy atom. The van der Waals surface area contributed by atoms with Crippen LogP contribution in [0.3, 0.4) is 0 Å². The molecule has 0 amide bonds. The zero-order chi connectivity index (χ0) is 16.6. The number of aromatic nitrogens is 1. The van der Waals surface area contributed by atoms with Crippen molar-refractivity contribution in [2.45, 2.75) is 0 Å². The van der Waals surface area contributed by atoms with Crippen LogP contribution in [-0.2, 0) is 4.74 Å². The fourth-order valence-corrected chi connectivity index (χ4v) is 2.74. The van der Waals surface area contributed by atoms with Gasteiger partial charge in [0.25, 0.3) is 0 Å². The first-order chi connectivity index (χ1) is 11.1. The Labute approximate surface area is 136 Å². The van der Waals surface area contributed by atoms with Gasteiger partial charge in [-0.3, -0.25) is 0 Å². The molecule has 3 rings (SSSR count). The SMILES string of the molecule is COC(=O)c1cc2c(-c3ccccc3OC)cc(Cl)c(F)c2[nH]1. The zero-order valence-electron chi connectivity index (χ0n) is 12.4. The summed E-state index contributed by atoms with van der Waals surface area (Å²) in [5.74, 6) is -0.574. The molecule has 0 fully saturated rings. The van der Waals surface area contributed by atoms with Crippen LogP contribution in [0.5, 0.6) is 5.75 Å². The molecule has 0 bridgehead atoms. The summed E-state index contributed by atoms with van der Waals surface area (Å²) < 4.78 is 24.3. The molecule has 0 saturated heterocycles. The number of para-hydroxylation sites is 1. The van der Waals surface area contributed by atoms with Gasteiger partial charge in [0.2, 0.25) is 0 Å². The van der Waals surface area contributed by atoms with Crippen molar-refractivity contribution in [2.24, 2.45) is 0 Å². The molecule has 1 heterocycles. The minimum absolute atomic E-state index is 0.0447. The van der Waals surface area contributed by atoms with Crippen LogP contribution in [0.1, 0.15) is 10.5 Å². The van der Waals surface area contributed by atoms with Crippen molar-refractivity contribution in [1.82, 2.24) is 4.98 Å². The molecular weight excluding hydrogens is 321 g/mol. The Kier molecular flexibility index (Phi) is 3.96. The third-order valence-electron chi connectivity index (χ3n) is 3.61. The molecule has 6 heteroatoms. The number of carbonyl (C=O) groups is 1. The molecular formula is C17H13ClFNO3. The number of nitrogens with one attached hydrogen (secondary N) is 1. The van der Waals surface area contributed by atoms with Crippen LogP contribution in [-0.4, -0.2) is 25.2 Å². The maximum Gasteiger partial charge on any atom is 0.354 e. The number of carbonyl (C=O) groups excluding carboxylic acids is 1. The maximum absolute atomic E-state index is 14.3. The molecule has 0 aliphatic carbocycles. The molecule has 3 aromatic rings. The molecule has 0 aliphatic heterocycles.